The molecule has 8 nitrogen and oxygen atoms in total. The fourth-order valence-corrected chi connectivity index (χ4v) is 2.93. The maximum atomic E-state index is 12.4. The number of nitrogens with zero attached hydrogens (tertiary/aromatic N) is 1. The predicted octanol–water partition coefficient (Wildman–Crippen LogP) is 1.49. The lowest BCUT2D eigenvalue weighted by Crippen LogP contribution is -2.54. The number of hydrogen-bond acceptors (Lipinski definition) is 5. The van der Waals surface area contributed by atoms with Crippen LogP contribution in [0.3, 0.4) is 0 Å². The molecular formula is C18H35N5O3. The lowest BCUT2D eigenvalue weighted by molar-refractivity contribution is -0.151. The number of esters is 1. The second-order valence-corrected chi connectivity index (χ2v) is 6.98. The first-order chi connectivity index (χ1) is 12.4. The van der Waals surface area contributed by atoms with E-state index in [4.69, 9.17) is 16.2 Å². The van der Waals surface area contributed by atoms with E-state index < -0.39 is 11.6 Å². The summed E-state index contributed by atoms with van der Waals surface area (Å²) >= 11 is 0. The number of nitrogens with one attached hydrogen (secondary N) is 2. The van der Waals surface area contributed by atoms with Crippen molar-refractivity contribution in [3.8, 4) is 0 Å². The van der Waals surface area contributed by atoms with E-state index in [1.54, 1.807) is 0 Å². The van der Waals surface area contributed by atoms with E-state index in [0.717, 1.165) is 32.1 Å². The molecule has 0 radical (unpaired) electrons. The lowest BCUT2D eigenvalue weighted by Gasteiger charge is -2.25. The number of ether oxygens (including phenoxy) is 1. The number of hydrogen-bond donors (Lipinski definition) is 4. The van der Waals surface area contributed by atoms with Crippen LogP contribution in [0.25, 0.3) is 0 Å². The molecule has 8 heteroatoms. The van der Waals surface area contributed by atoms with Crippen molar-refractivity contribution in [1.82, 2.24) is 10.6 Å². The van der Waals surface area contributed by atoms with Gasteiger partial charge in [-0.25, -0.2) is 9.79 Å². The van der Waals surface area contributed by atoms with Gasteiger partial charge in [0.15, 0.2) is 5.96 Å². The van der Waals surface area contributed by atoms with Gasteiger partial charge < -0.3 is 21.5 Å². The van der Waals surface area contributed by atoms with E-state index in [1.807, 2.05) is 0 Å². The Bertz CT molecular complexity index is 466. The number of carbonyl (C=O) groups excluding carboxylic acids is 2. The summed E-state index contributed by atoms with van der Waals surface area (Å²) in [6.07, 6.45) is 11.5. The molecule has 150 valence electrons. The van der Waals surface area contributed by atoms with Crippen LogP contribution in [-0.2, 0) is 14.3 Å². The minimum atomic E-state index is -1.42. The predicted molar refractivity (Wildman–Crippen MR) is 102 cm³/mol. The Morgan fingerprint density at radius 2 is 1.50 bits per heavy atom. The van der Waals surface area contributed by atoms with E-state index in [9.17, 15) is 9.59 Å². The van der Waals surface area contributed by atoms with Crippen molar-refractivity contribution in [3.63, 3.8) is 0 Å². The zero-order valence-electron chi connectivity index (χ0n) is 16.0. The SMILES string of the molecule is CC1(N=C(N)N)NCNC(=O)CCCCCCCCCCCCOC1=O. The minimum Gasteiger partial charge on any atom is -0.463 e. The first-order valence-electron chi connectivity index (χ1n) is 9.74. The molecule has 0 spiro atoms. The van der Waals surface area contributed by atoms with Crippen molar-refractivity contribution >= 4 is 17.8 Å². The first kappa shape index (κ1) is 22.2. The Morgan fingerprint density at radius 1 is 0.962 bits per heavy atom. The molecule has 1 rings (SSSR count). The van der Waals surface area contributed by atoms with Crippen molar-refractivity contribution < 1.29 is 14.3 Å². The third kappa shape index (κ3) is 9.60. The quantitative estimate of drug-likeness (QED) is 0.314. The van der Waals surface area contributed by atoms with Crippen LogP contribution >= 0.6 is 0 Å². The normalized spacial score (nSPS) is 25.7. The lowest BCUT2D eigenvalue weighted by atomic mass is 10.1. The van der Waals surface area contributed by atoms with Gasteiger partial charge in [0.1, 0.15) is 0 Å². The Hall–Kier alpha value is -1.83. The van der Waals surface area contributed by atoms with Crippen LogP contribution in [0.4, 0.5) is 0 Å². The summed E-state index contributed by atoms with van der Waals surface area (Å²) in [5.41, 5.74) is 9.45. The van der Waals surface area contributed by atoms with Gasteiger partial charge in [-0.3, -0.25) is 10.1 Å². The molecule has 0 bridgehead atoms. The summed E-state index contributed by atoms with van der Waals surface area (Å²) in [6.45, 7) is 1.95. The molecule has 0 aromatic carbocycles. The van der Waals surface area contributed by atoms with Crippen molar-refractivity contribution in [1.29, 1.82) is 0 Å². The van der Waals surface area contributed by atoms with Gasteiger partial charge >= 0.3 is 5.97 Å². The summed E-state index contributed by atoms with van der Waals surface area (Å²) in [7, 11) is 0. The van der Waals surface area contributed by atoms with Crippen molar-refractivity contribution in [2.45, 2.75) is 83.2 Å². The summed E-state index contributed by atoms with van der Waals surface area (Å²) in [5.74, 6) is -0.837. The maximum absolute atomic E-state index is 12.4. The third-order valence-electron chi connectivity index (χ3n) is 4.50. The van der Waals surface area contributed by atoms with Crippen molar-refractivity contribution in [2.75, 3.05) is 13.3 Å². The molecule has 1 atom stereocenters. The molecule has 1 amide bonds. The highest BCUT2D eigenvalue weighted by Crippen LogP contribution is 2.13. The smallest absolute Gasteiger partial charge is 0.348 e. The number of rotatable bonds is 1. The average molecular weight is 370 g/mol. The molecule has 6 N–H and O–H groups in total. The van der Waals surface area contributed by atoms with Crippen LogP contribution in [0.5, 0.6) is 0 Å². The van der Waals surface area contributed by atoms with E-state index in [0.29, 0.717) is 13.0 Å². The van der Waals surface area contributed by atoms with Gasteiger partial charge in [0, 0.05) is 6.42 Å². The Balaban J connectivity index is 2.62. The van der Waals surface area contributed by atoms with Gasteiger partial charge in [-0.2, -0.15) is 0 Å². The van der Waals surface area contributed by atoms with Crippen LogP contribution in [0.2, 0.25) is 0 Å². The molecular weight excluding hydrogens is 334 g/mol. The average Bonchev–Trinajstić information content (AvgIpc) is 2.57. The maximum Gasteiger partial charge on any atom is 0.348 e. The molecule has 1 unspecified atom stereocenters. The van der Waals surface area contributed by atoms with Gasteiger partial charge in [0.2, 0.25) is 11.6 Å². The molecule has 0 aromatic heterocycles. The highest BCUT2D eigenvalue weighted by Gasteiger charge is 2.34. The molecule has 0 saturated carbocycles. The zero-order chi connectivity index (χ0) is 19.3. The first-order valence-corrected chi connectivity index (χ1v) is 9.74. The summed E-state index contributed by atoms with van der Waals surface area (Å²) in [4.78, 5) is 28.2. The Labute approximate surface area is 156 Å². The molecule has 0 aliphatic carbocycles. The molecule has 1 heterocycles. The molecule has 1 aliphatic heterocycles. The zero-order valence-corrected chi connectivity index (χ0v) is 16.0. The standard InChI is InChI=1S/C18H35N5O3/c1-18(23-17(19)20)16(25)26-13-11-9-7-5-3-2-4-6-8-10-12-15(24)21-14-22-18/h22H,2-14H2,1H3,(H,21,24)(H4,19,20,23). The van der Waals surface area contributed by atoms with E-state index in [-0.39, 0.29) is 18.5 Å². The largest absolute Gasteiger partial charge is 0.463 e. The molecule has 1 aliphatic rings. The Kier molecular flexibility index (Phi) is 10.7. The van der Waals surface area contributed by atoms with E-state index in [2.05, 4.69) is 15.6 Å². The van der Waals surface area contributed by atoms with Crippen LogP contribution in [-0.4, -0.2) is 36.8 Å². The number of nitrogens with two attached hydrogens (primary N) is 2. The number of cyclic esters (lactones) is 1. The van der Waals surface area contributed by atoms with Gasteiger partial charge in [0.25, 0.3) is 0 Å². The summed E-state index contributed by atoms with van der Waals surface area (Å²) < 4.78 is 5.32. The van der Waals surface area contributed by atoms with Gasteiger partial charge in [-0.15, -0.1) is 0 Å². The van der Waals surface area contributed by atoms with Crippen LogP contribution < -0.4 is 22.1 Å². The van der Waals surface area contributed by atoms with Crippen molar-refractivity contribution in [3.05, 3.63) is 0 Å². The summed E-state index contributed by atoms with van der Waals surface area (Å²) in [5, 5.41) is 5.60. The van der Waals surface area contributed by atoms with Gasteiger partial charge in [0.05, 0.1) is 13.3 Å². The fourth-order valence-electron chi connectivity index (χ4n) is 2.93. The highest BCUT2D eigenvalue weighted by molar-refractivity contribution is 5.85. The molecule has 1 fully saturated rings. The fraction of sp³-hybridized carbons (Fsp3) is 0.833. The Morgan fingerprint density at radius 3 is 2.08 bits per heavy atom. The monoisotopic (exact) mass is 369 g/mol. The highest BCUT2D eigenvalue weighted by atomic mass is 16.5. The third-order valence-corrected chi connectivity index (χ3v) is 4.50. The summed E-state index contributed by atoms with van der Waals surface area (Å²) in [6, 6.07) is 0. The number of guanidine groups is 1. The van der Waals surface area contributed by atoms with Crippen LogP contribution in [0, 0.1) is 0 Å². The molecule has 1 saturated heterocycles. The minimum absolute atomic E-state index is 0.0594. The second kappa shape index (κ2) is 12.5. The van der Waals surface area contributed by atoms with Crippen molar-refractivity contribution in [2.24, 2.45) is 16.5 Å². The second-order valence-electron chi connectivity index (χ2n) is 6.98. The van der Waals surface area contributed by atoms with Gasteiger partial charge in [-0.1, -0.05) is 51.4 Å². The number of carbonyl (C=O) groups is 2. The van der Waals surface area contributed by atoms with Crippen LogP contribution in [0.1, 0.15) is 77.6 Å². The number of amides is 1. The van der Waals surface area contributed by atoms with Crippen LogP contribution in [0.15, 0.2) is 4.99 Å². The molecule has 0 aromatic rings. The molecule has 26 heavy (non-hydrogen) atoms. The number of aliphatic imine (C=N–C) groups is 1. The van der Waals surface area contributed by atoms with Gasteiger partial charge in [-0.05, 0) is 19.8 Å². The van der Waals surface area contributed by atoms with E-state index >= 15 is 0 Å². The van der Waals surface area contributed by atoms with E-state index in [1.165, 1.54) is 39.0 Å². The topological polar surface area (TPSA) is 132 Å².